The van der Waals surface area contributed by atoms with Crippen molar-refractivity contribution < 1.29 is 35.2 Å². The van der Waals surface area contributed by atoms with Gasteiger partial charge in [0.2, 0.25) is 11.0 Å². The number of alkyl halides is 3. The summed E-state index contributed by atoms with van der Waals surface area (Å²) in [6.07, 6.45) is -2.03. The molecule has 1 aliphatic heterocycles. The summed E-state index contributed by atoms with van der Waals surface area (Å²) in [5, 5.41) is 2.54. The molecule has 192 valence electrons. The number of carbonyl (C=O) groups is 1. The Balaban J connectivity index is 1.25. The number of benzene rings is 1. The van der Waals surface area contributed by atoms with Gasteiger partial charge in [0.1, 0.15) is 17.4 Å². The standard InChI is InChI=1S/C24H18F4N4O4S/c25-17-2-4-21-15(9-17)11-22(36-21)37(34,35)32-8-6-20(32)23(33)31-13-18-10-14(5-7-29-18)19-3-1-16(12-30-19)24(26,27)28/h1-5,7,9-12,20H,6,8,13H2,(H,31,33)/t20-/m0/s1. The first kappa shape index (κ1) is 24.8. The van der Waals surface area contributed by atoms with Crippen LogP contribution in [0.15, 0.2) is 70.4 Å². The van der Waals surface area contributed by atoms with E-state index in [0.717, 1.165) is 28.7 Å². The fourth-order valence-corrected chi connectivity index (χ4v) is 5.49. The number of amides is 1. The summed E-state index contributed by atoms with van der Waals surface area (Å²) in [5.41, 5.74) is 0.537. The Bertz CT molecular complexity index is 1590. The van der Waals surface area contributed by atoms with Crippen molar-refractivity contribution in [1.29, 1.82) is 0 Å². The number of hydrogen-bond donors (Lipinski definition) is 1. The summed E-state index contributed by atoms with van der Waals surface area (Å²) in [5.74, 6) is -1.08. The second-order valence-corrected chi connectivity index (χ2v) is 10.2. The monoisotopic (exact) mass is 534 g/mol. The summed E-state index contributed by atoms with van der Waals surface area (Å²) in [4.78, 5) is 20.7. The van der Waals surface area contributed by atoms with E-state index in [1.807, 2.05) is 0 Å². The minimum absolute atomic E-state index is 0.0401. The Hall–Kier alpha value is -3.84. The van der Waals surface area contributed by atoms with E-state index in [2.05, 4.69) is 15.3 Å². The molecule has 4 aromatic rings. The molecule has 0 spiro atoms. The van der Waals surface area contributed by atoms with Gasteiger partial charge in [0.05, 0.1) is 23.5 Å². The van der Waals surface area contributed by atoms with E-state index in [4.69, 9.17) is 4.42 Å². The molecule has 4 heterocycles. The largest absolute Gasteiger partial charge is 0.443 e. The Morgan fingerprint density at radius 1 is 1.11 bits per heavy atom. The zero-order valence-corrected chi connectivity index (χ0v) is 19.7. The smallest absolute Gasteiger partial charge is 0.417 e. The highest BCUT2D eigenvalue weighted by molar-refractivity contribution is 7.89. The van der Waals surface area contributed by atoms with Crippen LogP contribution in [0.4, 0.5) is 17.6 Å². The average Bonchev–Trinajstić information content (AvgIpc) is 3.26. The number of carbonyl (C=O) groups excluding carboxylic acids is 1. The number of nitrogens with zero attached hydrogens (tertiary/aromatic N) is 3. The van der Waals surface area contributed by atoms with Crippen molar-refractivity contribution in [1.82, 2.24) is 19.6 Å². The van der Waals surface area contributed by atoms with Gasteiger partial charge in [-0.05, 0) is 48.9 Å². The number of hydrogen-bond acceptors (Lipinski definition) is 6. The molecule has 3 aromatic heterocycles. The van der Waals surface area contributed by atoms with E-state index in [0.29, 0.717) is 23.4 Å². The van der Waals surface area contributed by atoms with Crippen molar-refractivity contribution in [3.63, 3.8) is 0 Å². The van der Waals surface area contributed by atoms with Crippen molar-refractivity contribution in [3.8, 4) is 11.3 Å². The van der Waals surface area contributed by atoms with Crippen molar-refractivity contribution >= 4 is 26.9 Å². The number of nitrogens with one attached hydrogen (secondary N) is 1. The molecule has 1 amide bonds. The molecule has 0 aliphatic carbocycles. The second-order valence-electron chi connectivity index (χ2n) is 8.35. The number of pyridine rings is 2. The number of aromatic nitrogens is 2. The number of rotatable bonds is 6. The molecular weight excluding hydrogens is 516 g/mol. The SMILES string of the molecule is O=C(NCc1cc(-c2ccc(C(F)(F)F)cn2)ccn1)[C@@H]1CCN1S(=O)(=O)c1cc2cc(F)ccc2o1. The lowest BCUT2D eigenvalue weighted by molar-refractivity contribution is -0.137. The van der Waals surface area contributed by atoms with Gasteiger partial charge < -0.3 is 9.73 Å². The summed E-state index contributed by atoms with van der Waals surface area (Å²) in [6.45, 7) is 0.0702. The van der Waals surface area contributed by atoms with E-state index in [1.54, 1.807) is 12.1 Å². The number of halogens is 4. The molecule has 0 saturated carbocycles. The van der Waals surface area contributed by atoms with Gasteiger partial charge in [0.25, 0.3) is 10.0 Å². The number of fused-ring (bicyclic) bond motifs is 1. The first-order valence-electron chi connectivity index (χ1n) is 11.0. The quantitative estimate of drug-likeness (QED) is 0.373. The molecule has 1 aromatic carbocycles. The van der Waals surface area contributed by atoms with Crippen LogP contribution in [-0.2, 0) is 27.5 Å². The zero-order chi connectivity index (χ0) is 26.4. The van der Waals surface area contributed by atoms with Crippen LogP contribution in [0.2, 0.25) is 0 Å². The molecule has 1 saturated heterocycles. The lowest BCUT2D eigenvalue weighted by Crippen LogP contribution is -2.57. The van der Waals surface area contributed by atoms with Gasteiger partial charge in [-0.3, -0.25) is 14.8 Å². The lowest BCUT2D eigenvalue weighted by atomic mass is 10.1. The molecule has 5 rings (SSSR count). The minimum Gasteiger partial charge on any atom is -0.443 e. The highest BCUT2D eigenvalue weighted by Gasteiger charge is 2.44. The number of furan rings is 1. The van der Waals surface area contributed by atoms with Crippen LogP contribution in [-0.4, -0.2) is 41.2 Å². The van der Waals surface area contributed by atoms with Crippen LogP contribution in [0.25, 0.3) is 22.2 Å². The van der Waals surface area contributed by atoms with Crippen LogP contribution in [0, 0.1) is 5.82 Å². The number of sulfonamides is 1. The predicted molar refractivity (Wildman–Crippen MR) is 123 cm³/mol. The maximum absolute atomic E-state index is 13.4. The van der Waals surface area contributed by atoms with Crippen LogP contribution < -0.4 is 5.32 Å². The normalized spacial score (nSPS) is 16.5. The van der Waals surface area contributed by atoms with Crippen molar-refractivity contribution in [2.75, 3.05) is 6.54 Å². The van der Waals surface area contributed by atoms with Crippen LogP contribution in [0.3, 0.4) is 0 Å². The van der Waals surface area contributed by atoms with E-state index in [1.165, 1.54) is 24.4 Å². The third-order valence-corrected chi connectivity index (χ3v) is 7.70. The first-order valence-corrected chi connectivity index (χ1v) is 12.4. The van der Waals surface area contributed by atoms with Gasteiger partial charge >= 0.3 is 6.18 Å². The van der Waals surface area contributed by atoms with Gasteiger partial charge in [0.15, 0.2) is 0 Å². The maximum Gasteiger partial charge on any atom is 0.417 e. The topological polar surface area (TPSA) is 105 Å². The molecule has 1 atom stereocenters. The second kappa shape index (κ2) is 9.23. The van der Waals surface area contributed by atoms with Crippen molar-refractivity contribution in [2.24, 2.45) is 0 Å². The van der Waals surface area contributed by atoms with Crippen LogP contribution in [0.1, 0.15) is 17.7 Å². The zero-order valence-electron chi connectivity index (χ0n) is 18.9. The summed E-state index contributed by atoms with van der Waals surface area (Å²) in [6, 6.07) is 9.18. The van der Waals surface area contributed by atoms with E-state index in [9.17, 15) is 30.8 Å². The summed E-state index contributed by atoms with van der Waals surface area (Å²) < 4.78 is 84.2. The van der Waals surface area contributed by atoms with Crippen LogP contribution in [0.5, 0.6) is 0 Å². The molecule has 37 heavy (non-hydrogen) atoms. The van der Waals surface area contributed by atoms with Gasteiger partial charge in [-0.2, -0.15) is 17.5 Å². The molecule has 1 N–H and O–H groups in total. The van der Waals surface area contributed by atoms with Crippen molar-refractivity contribution in [3.05, 3.63) is 78.0 Å². The average molecular weight is 534 g/mol. The molecule has 0 radical (unpaired) electrons. The van der Waals surface area contributed by atoms with Crippen molar-refractivity contribution in [2.45, 2.75) is 30.3 Å². The third-order valence-electron chi connectivity index (χ3n) is 5.94. The van der Waals surface area contributed by atoms with E-state index < -0.39 is 39.5 Å². The first-order chi connectivity index (χ1) is 17.5. The van der Waals surface area contributed by atoms with E-state index >= 15 is 0 Å². The Labute approximate surface area is 208 Å². The summed E-state index contributed by atoms with van der Waals surface area (Å²) in [7, 11) is -4.13. The van der Waals surface area contributed by atoms with Crippen LogP contribution >= 0.6 is 0 Å². The van der Waals surface area contributed by atoms with Gasteiger partial charge in [-0.25, -0.2) is 12.8 Å². The Kier molecular flexibility index (Phi) is 6.20. The Morgan fingerprint density at radius 2 is 1.92 bits per heavy atom. The summed E-state index contributed by atoms with van der Waals surface area (Å²) >= 11 is 0. The van der Waals surface area contributed by atoms with Gasteiger partial charge in [-0.1, -0.05) is 0 Å². The minimum atomic E-state index is -4.50. The lowest BCUT2D eigenvalue weighted by Gasteiger charge is -2.37. The van der Waals surface area contributed by atoms with Gasteiger partial charge in [-0.15, -0.1) is 0 Å². The fourth-order valence-electron chi connectivity index (χ4n) is 3.91. The highest BCUT2D eigenvalue weighted by atomic mass is 32.2. The third kappa shape index (κ3) is 4.91. The van der Waals surface area contributed by atoms with E-state index in [-0.39, 0.29) is 29.2 Å². The molecule has 1 aliphatic rings. The highest BCUT2D eigenvalue weighted by Crippen LogP contribution is 2.32. The van der Waals surface area contributed by atoms with Gasteiger partial charge in [0, 0.05) is 36.0 Å². The maximum atomic E-state index is 13.4. The molecule has 8 nitrogen and oxygen atoms in total. The molecular formula is C24H18F4N4O4S. The Morgan fingerprint density at radius 3 is 2.59 bits per heavy atom. The molecule has 0 bridgehead atoms. The molecule has 1 fully saturated rings. The fraction of sp³-hybridized carbons (Fsp3) is 0.208. The molecule has 0 unspecified atom stereocenters. The predicted octanol–water partition coefficient (Wildman–Crippen LogP) is 4.13. The molecule has 13 heteroatoms.